The van der Waals surface area contributed by atoms with Crippen LogP contribution in [0, 0.1) is 0 Å². The van der Waals surface area contributed by atoms with Gasteiger partial charge in [0.1, 0.15) is 6.04 Å². The Balaban J connectivity index is 2.12. The first kappa shape index (κ1) is 21.6. The highest BCUT2D eigenvalue weighted by atomic mass is 16.5. The molecule has 0 amide bonds. The number of nitrogens with one attached hydrogen (secondary N) is 1. The third kappa shape index (κ3) is 6.82. The van der Waals surface area contributed by atoms with E-state index in [4.69, 9.17) is 9.47 Å². The molecule has 0 unspecified atom stereocenters. The number of methoxy groups -OCH3 is 1. The second-order valence-corrected chi connectivity index (χ2v) is 6.85. The minimum absolute atomic E-state index is 0.127. The van der Waals surface area contributed by atoms with E-state index in [0.29, 0.717) is 12.8 Å². The second kappa shape index (κ2) is 11.2. The van der Waals surface area contributed by atoms with Crippen LogP contribution < -0.4 is 5.32 Å². The van der Waals surface area contributed by atoms with Gasteiger partial charge in [-0.25, -0.2) is 0 Å². The smallest absolute Gasteiger partial charge is 0.322 e. The number of carbonyl (C=O) groups excluding carboxylic acids is 2. The molecule has 0 aliphatic heterocycles. The van der Waals surface area contributed by atoms with Crippen LogP contribution in [0.2, 0.25) is 0 Å². The SMILES string of the molecule is COC(=O)[C@H](CCC[C@H](C)OC(C)=O)NC(c1ccccc1)c1ccccc1. The Morgan fingerprint density at radius 3 is 1.93 bits per heavy atom. The Morgan fingerprint density at radius 2 is 1.46 bits per heavy atom. The number of rotatable bonds is 10. The molecular weight excluding hydrogens is 354 g/mol. The summed E-state index contributed by atoms with van der Waals surface area (Å²) in [6.45, 7) is 3.26. The summed E-state index contributed by atoms with van der Waals surface area (Å²) >= 11 is 0. The van der Waals surface area contributed by atoms with E-state index in [0.717, 1.165) is 17.5 Å². The maximum atomic E-state index is 12.4. The Kier molecular flexibility index (Phi) is 8.69. The Labute approximate surface area is 167 Å². The van der Waals surface area contributed by atoms with Gasteiger partial charge in [0.15, 0.2) is 0 Å². The summed E-state index contributed by atoms with van der Waals surface area (Å²) in [5.41, 5.74) is 2.16. The van der Waals surface area contributed by atoms with Gasteiger partial charge < -0.3 is 9.47 Å². The molecule has 0 saturated heterocycles. The predicted molar refractivity (Wildman–Crippen MR) is 109 cm³/mol. The quantitative estimate of drug-likeness (QED) is 0.628. The largest absolute Gasteiger partial charge is 0.468 e. The molecule has 0 fully saturated rings. The van der Waals surface area contributed by atoms with Crippen LogP contribution in [0.4, 0.5) is 0 Å². The van der Waals surface area contributed by atoms with Crippen molar-refractivity contribution in [2.75, 3.05) is 7.11 Å². The van der Waals surface area contributed by atoms with E-state index in [9.17, 15) is 9.59 Å². The number of ether oxygens (including phenoxy) is 2. The number of hydrogen-bond donors (Lipinski definition) is 1. The van der Waals surface area contributed by atoms with Crippen molar-refractivity contribution in [3.63, 3.8) is 0 Å². The van der Waals surface area contributed by atoms with Crippen LogP contribution in [-0.4, -0.2) is 31.2 Å². The summed E-state index contributed by atoms with van der Waals surface area (Å²) in [6.07, 6.45) is 1.84. The van der Waals surface area contributed by atoms with Crippen molar-refractivity contribution in [2.24, 2.45) is 0 Å². The first-order valence-electron chi connectivity index (χ1n) is 9.62. The Morgan fingerprint density at radius 1 is 0.929 bits per heavy atom. The van der Waals surface area contributed by atoms with Crippen molar-refractivity contribution in [3.05, 3.63) is 71.8 Å². The highest BCUT2D eigenvalue weighted by molar-refractivity contribution is 5.75. The van der Waals surface area contributed by atoms with Gasteiger partial charge in [-0.1, -0.05) is 60.7 Å². The van der Waals surface area contributed by atoms with Gasteiger partial charge in [-0.3, -0.25) is 14.9 Å². The molecule has 5 heteroatoms. The lowest BCUT2D eigenvalue weighted by atomic mass is 9.96. The molecular formula is C23H29NO4. The molecule has 1 N–H and O–H groups in total. The minimum atomic E-state index is -0.458. The van der Waals surface area contributed by atoms with Crippen LogP contribution in [0.25, 0.3) is 0 Å². The van der Waals surface area contributed by atoms with Crippen LogP contribution in [0.3, 0.4) is 0 Å². The zero-order valence-electron chi connectivity index (χ0n) is 16.8. The zero-order chi connectivity index (χ0) is 20.4. The van der Waals surface area contributed by atoms with E-state index in [1.807, 2.05) is 67.6 Å². The third-order valence-corrected chi connectivity index (χ3v) is 4.59. The average Bonchev–Trinajstić information content (AvgIpc) is 2.70. The van der Waals surface area contributed by atoms with E-state index in [1.54, 1.807) is 0 Å². The fourth-order valence-electron chi connectivity index (χ4n) is 3.24. The Hall–Kier alpha value is -2.66. The molecule has 0 heterocycles. The van der Waals surface area contributed by atoms with Gasteiger partial charge in [-0.2, -0.15) is 0 Å². The van der Waals surface area contributed by atoms with Crippen LogP contribution in [0.15, 0.2) is 60.7 Å². The van der Waals surface area contributed by atoms with E-state index in [-0.39, 0.29) is 24.1 Å². The summed E-state index contributed by atoms with van der Waals surface area (Å²) in [4.78, 5) is 23.4. The molecule has 0 saturated carbocycles. The number of benzene rings is 2. The van der Waals surface area contributed by atoms with Gasteiger partial charge in [0.2, 0.25) is 0 Å². The van der Waals surface area contributed by atoms with Crippen molar-refractivity contribution >= 4 is 11.9 Å². The molecule has 0 spiro atoms. The number of hydrogen-bond acceptors (Lipinski definition) is 5. The highest BCUT2D eigenvalue weighted by Crippen LogP contribution is 2.23. The predicted octanol–water partition coefficient (Wildman–Crippen LogP) is 4.03. The lowest BCUT2D eigenvalue weighted by molar-refractivity contribution is -0.146. The topological polar surface area (TPSA) is 64.6 Å². The van der Waals surface area contributed by atoms with Crippen LogP contribution in [0.5, 0.6) is 0 Å². The second-order valence-electron chi connectivity index (χ2n) is 6.85. The summed E-state index contributed by atoms with van der Waals surface area (Å²) < 4.78 is 10.2. The van der Waals surface area contributed by atoms with Gasteiger partial charge in [-0.05, 0) is 37.3 Å². The van der Waals surface area contributed by atoms with Crippen molar-refractivity contribution < 1.29 is 19.1 Å². The molecule has 0 aromatic heterocycles. The van der Waals surface area contributed by atoms with Gasteiger partial charge in [0.25, 0.3) is 0 Å². The van der Waals surface area contributed by atoms with Gasteiger partial charge in [0.05, 0.1) is 19.3 Å². The summed E-state index contributed by atoms with van der Waals surface area (Å²) in [5.74, 6) is -0.583. The molecule has 2 atom stereocenters. The minimum Gasteiger partial charge on any atom is -0.468 e. The van der Waals surface area contributed by atoms with Gasteiger partial charge in [-0.15, -0.1) is 0 Å². The lowest BCUT2D eigenvalue weighted by Crippen LogP contribution is -2.40. The number of carbonyl (C=O) groups is 2. The van der Waals surface area contributed by atoms with Crippen molar-refractivity contribution in [3.8, 4) is 0 Å². The standard InChI is InChI=1S/C23H29NO4/c1-17(28-18(2)25)11-10-16-21(23(26)27-3)24-22(19-12-6-4-7-13-19)20-14-8-5-9-15-20/h4-9,12-15,17,21-22,24H,10-11,16H2,1-3H3/t17-,21-/m0/s1. The maximum Gasteiger partial charge on any atom is 0.322 e. The van der Waals surface area contributed by atoms with Crippen molar-refractivity contribution in [2.45, 2.75) is 51.3 Å². The molecule has 0 aliphatic carbocycles. The highest BCUT2D eigenvalue weighted by Gasteiger charge is 2.25. The van der Waals surface area contributed by atoms with E-state index < -0.39 is 6.04 Å². The molecule has 2 aromatic carbocycles. The first-order valence-corrected chi connectivity index (χ1v) is 9.62. The summed E-state index contributed by atoms with van der Waals surface area (Å²) in [7, 11) is 1.40. The normalized spacial score (nSPS) is 13.0. The molecule has 2 rings (SSSR count). The molecule has 28 heavy (non-hydrogen) atoms. The van der Waals surface area contributed by atoms with Crippen LogP contribution in [0.1, 0.15) is 50.3 Å². The molecule has 0 radical (unpaired) electrons. The fraction of sp³-hybridized carbons (Fsp3) is 0.391. The third-order valence-electron chi connectivity index (χ3n) is 4.59. The van der Waals surface area contributed by atoms with Crippen LogP contribution in [-0.2, 0) is 19.1 Å². The lowest BCUT2D eigenvalue weighted by Gasteiger charge is -2.25. The molecule has 5 nitrogen and oxygen atoms in total. The van der Waals surface area contributed by atoms with E-state index in [2.05, 4.69) is 5.32 Å². The van der Waals surface area contributed by atoms with Gasteiger partial charge >= 0.3 is 11.9 Å². The molecule has 0 bridgehead atoms. The first-order chi connectivity index (χ1) is 13.5. The molecule has 0 aliphatic rings. The Bertz CT molecular complexity index is 693. The number of esters is 2. The fourth-order valence-corrected chi connectivity index (χ4v) is 3.24. The maximum absolute atomic E-state index is 12.4. The monoisotopic (exact) mass is 383 g/mol. The van der Waals surface area contributed by atoms with Crippen molar-refractivity contribution in [1.82, 2.24) is 5.32 Å². The summed E-state index contributed by atoms with van der Waals surface area (Å²) in [5, 5.41) is 3.47. The van der Waals surface area contributed by atoms with E-state index in [1.165, 1.54) is 14.0 Å². The zero-order valence-corrected chi connectivity index (χ0v) is 16.8. The van der Waals surface area contributed by atoms with Gasteiger partial charge in [0, 0.05) is 6.92 Å². The molecule has 150 valence electrons. The van der Waals surface area contributed by atoms with Crippen LogP contribution >= 0.6 is 0 Å². The van der Waals surface area contributed by atoms with E-state index >= 15 is 0 Å². The van der Waals surface area contributed by atoms with Crippen molar-refractivity contribution in [1.29, 1.82) is 0 Å². The average molecular weight is 383 g/mol. The molecule has 2 aromatic rings. The summed E-state index contributed by atoms with van der Waals surface area (Å²) in [6, 6.07) is 19.5.